The lowest BCUT2D eigenvalue weighted by atomic mass is 10.3. The molecule has 0 aliphatic carbocycles. The number of nitrogen functional groups attached to an aromatic ring is 1. The van der Waals surface area contributed by atoms with E-state index in [1.807, 2.05) is 0 Å². The molecule has 17 heavy (non-hydrogen) atoms. The maximum Gasteiger partial charge on any atom is 0.185 e. The molecule has 0 saturated heterocycles. The highest BCUT2D eigenvalue weighted by molar-refractivity contribution is 5.54. The van der Waals surface area contributed by atoms with Gasteiger partial charge in [0, 0.05) is 18.2 Å². The van der Waals surface area contributed by atoms with Gasteiger partial charge in [0.2, 0.25) is 0 Å². The summed E-state index contributed by atoms with van der Waals surface area (Å²) in [7, 11) is 0. The molecule has 2 rings (SSSR count). The van der Waals surface area contributed by atoms with Crippen molar-refractivity contribution in [3.05, 3.63) is 53.8 Å². The van der Waals surface area contributed by atoms with Gasteiger partial charge in [-0.05, 0) is 12.1 Å². The summed E-state index contributed by atoms with van der Waals surface area (Å²) in [6, 6.07) is 6.54. The quantitative estimate of drug-likeness (QED) is 0.814. The first-order chi connectivity index (χ1) is 8.06. The topological polar surface area (TPSA) is 35.2 Å². The van der Waals surface area contributed by atoms with Crippen LogP contribution in [0.15, 0.2) is 36.4 Å². The molecule has 88 valence electrons. The van der Waals surface area contributed by atoms with Gasteiger partial charge in [-0.2, -0.15) is 0 Å². The van der Waals surface area contributed by atoms with Gasteiger partial charge in [-0.15, -0.1) is 0 Å². The van der Waals surface area contributed by atoms with Crippen LogP contribution in [0.5, 0.6) is 11.5 Å². The highest BCUT2D eigenvalue weighted by Gasteiger charge is 2.10. The van der Waals surface area contributed by atoms with Crippen LogP contribution in [-0.2, 0) is 0 Å². The van der Waals surface area contributed by atoms with Crippen molar-refractivity contribution in [2.45, 2.75) is 0 Å². The van der Waals surface area contributed by atoms with Gasteiger partial charge in [0.1, 0.15) is 17.4 Å². The van der Waals surface area contributed by atoms with E-state index in [0.717, 1.165) is 18.2 Å². The lowest BCUT2D eigenvalue weighted by molar-refractivity contribution is 0.436. The number of nitrogens with two attached hydrogens (primary N) is 1. The smallest absolute Gasteiger partial charge is 0.185 e. The molecule has 0 aliphatic rings. The number of para-hydroxylation sites is 1. The van der Waals surface area contributed by atoms with Gasteiger partial charge in [-0.3, -0.25) is 0 Å². The van der Waals surface area contributed by atoms with Gasteiger partial charge < -0.3 is 10.5 Å². The second-order valence-electron chi connectivity index (χ2n) is 3.37. The van der Waals surface area contributed by atoms with Crippen LogP contribution in [0.3, 0.4) is 0 Å². The molecule has 0 fully saturated rings. The van der Waals surface area contributed by atoms with E-state index in [1.54, 1.807) is 0 Å². The first kappa shape index (κ1) is 11.3. The van der Waals surface area contributed by atoms with Crippen LogP contribution in [-0.4, -0.2) is 0 Å². The van der Waals surface area contributed by atoms with Crippen LogP contribution in [0.1, 0.15) is 0 Å². The fraction of sp³-hybridized carbons (Fsp3) is 0. The largest absolute Gasteiger partial charge is 0.452 e. The van der Waals surface area contributed by atoms with Crippen LogP contribution >= 0.6 is 0 Å². The van der Waals surface area contributed by atoms with E-state index in [9.17, 15) is 13.2 Å². The summed E-state index contributed by atoms with van der Waals surface area (Å²) in [5.74, 6) is -2.73. The van der Waals surface area contributed by atoms with E-state index in [1.165, 1.54) is 12.1 Å². The zero-order valence-corrected chi connectivity index (χ0v) is 8.58. The Kier molecular flexibility index (Phi) is 2.91. The Morgan fingerprint density at radius 2 is 1.59 bits per heavy atom. The maximum atomic E-state index is 13.3. The molecule has 2 aromatic rings. The van der Waals surface area contributed by atoms with Crippen LogP contribution < -0.4 is 10.5 Å². The first-order valence-electron chi connectivity index (χ1n) is 4.74. The van der Waals surface area contributed by atoms with E-state index in [2.05, 4.69) is 0 Å². The molecule has 0 atom stereocenters. The van der Waals surface area contributed by atoms with Crippen molar-refractivity contribution in [1.29, 1.82) is 0 Å². The molecule has 0 unspecified atom stereocenters. The molecule has 0 spiro atoms. The monoisotopic (exact) mass is 239 g/mol. The number of halogens is 3. The summed E-state index contributed by atoms with van der Waals surface area (Å²) in [5, 5.41) is 0. The van der Waals surface area contributed by atoms with Gasteiger partial charge in [-0.25, -0.2) is 13.2 Å². The molecule has 2 aromatic carbocycles. The van der Waals surface area contributed by atoms with E-state index in [4.69, 9.17) is 10.5 Å². The predicted molar refractivity (Wildman–Crippen MR) is 57.2 cm³/mol. The van der Waals surface area contributed by atoms with Crippen molar-refractivity contribution < 1.29 is 17.9 Å². The molecule has 0 radical (unpaired) electrons. The van der Waals surface area contributed by atoms with Crippen molar-refractivity contribution in [2.75, 3.05) is 5.73 Å². The summed E-state index contributed by atoms with van der Waals surface area (Å²) in [6.07, 6.45) is 0. The zero-order chi connectivity index (χ0) is 12.4. The number of ether oxygens (including phenoxy) is 1. The first-order valence-corrected chi connectivity index (χ1v) is 4.74. The molecule has 0 saturated carbocycles. The summed E-state index contributed by atoms with van der Waals surface area (Å²) in [6.45, 7) is 0. The number of hydrogen-bond donors (Lipinski definition) is 1. The third-order valence-corrected chi connectivity index (χ3v) is 2.05. The van der Waals surface area contributed by atoms with Crippen molar-refractivity contribution in [3.63, 3.8) is 0 Å². The van der Waals surface area contributed by atoms with Crippen LogP contribution in [0.4, 0.5) is 18.9 Å². The fourth-order valence-corrected chi connectivity index (χ4v) is 1.34. The molecular weight excluding hydrogens is 231 g/mol. The van der Waals surface area contributed by atoms with Crippen molar-refractivity contribution in [2.24, 2.45) is 0 Å². The Balaban J connectivity index is 2.38. The fourth-order valence-electron chi connectivity index (χ4n) is 1.34. The van der Waals surface area contributed by atoms with Crippen LogP contribution in [0, 0.1) is 17.5 Å². The number of anilines is 1. The predicted octanol–water partition coefficient (Wildman–Crippen LogP) is 3.48. The Bertz CT molecular complexity index is 517. The summed E-state index contributed by atoms with van der Waals surface area (Å²) in [4.78, 5) is 0. The van der Waals surface area contributed by atoms with Gasteiger partial charge in [0.15, 0.2) is 11.6 Å². The Hall–Kier alpha value is -2.17. The van der Waals surface area contributed by atoms with Gasteiger partial charge in [0.05, 0.1) is 5.69 Å². The summed E-state index contributed by atoms with van der Waals surface area (Å²) < 4.78 is 44.1. The lowest BCUT2D eigenvalue weighted by Gasteiger charge is -2.09. The number of hydrogen-bond acceptors (Lipinski definition) is 2. The second-order valence-corrected chi connectivity index (χ2v) is 3.37. The molecule has 2 N–H and O–H groups in total. The highest BCUT2D eigenvalue weighted by Crippen LogP contribution is 2.30. The third kappa shape index (κ3) is 2.50. The average Bonchev–Trinajstić information content (AvgIpc) is 2.22. The minimum atomic E-state index is -0.810. The maximum absolute atomic E-state index is 13.3. The third-order valence-electron chi connectivity index (χ3n) is 2.05. The molecule has 5 heteroatoms. The Morgan fingerprint density at radius 3 is 2.18 bits per heavy atom. The molecule has 0 aromatic heterocycles. The molecule has 0 heterocycles. The molecule has 0 amide bonds. The SMILES string of the molecule is Nc1cccc(F)c1Oc1cc(F)cc(F)c1. The normalized spacial score (nSPS) is 10.3. The molecule has 2 nitrogen and oxygen atoms in total. The number of rotatable bonds is 2. The van der Waals surface area contributed by atoms with E-state index >= 15 is 0 Å². The van der Waals surface area contributed by atoms with Gasteiger partial charge in [0.25, 0.3) is 0 Å². The standard InChI is InChI=1S/C12H8F3NO/c13-7-4-8(14)6-9(5-7)17-12-10(15)2-1-3-11(12)16/h1-6H,16H2. The van der Waals surface area contributed by atoms with Gasteiger partial charge in [-0.1, -0.05) is 6.07 Å². The molecule has 0 aliphatic heterocycles. The minimum Gasteiger partial charge on any atom is -0.452 e. The molecular formula is C12H8F3NO. The summed E-state index contributed by atoms with van der Waals surface area (Å²) >= 11 is 0. The number of benzene rings is 2. The van der Waals surface area contributed by atoms with Gasteiger partial charge >= 0.3 is 0 Å². The van der Waals surface area contributed by atoms with Crippen molar-refractivity contribution in [3.8, 4) is 11.5 Å². The van der Waals surface area contributed by atoms with Crippen LogP contribution in [0.25, 0.3) is 0 Å². The average molecular weight is 239 g/mol. The lowest BCUT2D eigenvalue weighted by Crippen LogP contribution is -1.95. The van der Waals surface area contributed by atoms with E-state index < -0.39 is 17.5 Å². The summed E-state index contributed by atoms with van der Waals surface area (Å²) in [5.41, 5.74) is 5.54. The van der Waals surface area contributed by atoms with E-state index in [-0.39, 0.29) is 17.2 Å². The van der Waals surface area contributed by atoms with Crippen molar-refractivity contribution >= 4 is 5.69 Å². The van der Waals surface area contributed by atoms with Crippen LogP contribution in [0.2, 0.25) is 0 Å². The van der Waals surface area contributed by atoms with E-state index in [0.29, 0.717) is 6.07 Å². The highest BCUT2D eigenvalue weighted by atomic mass is 19.1. The zero-order valence-electron chi connectivity index (χ0n) is 8.58. The Morgan fingerprint density at radius 1 is 0.941 bits per heavy atom. The molecule has 0 bridgehead atoms. The minimum absolute atomic E-state index is 0.0506. The Labute approximate surface area is 95.4 Å². The second kappa shape index (κ2) is 4.37. The van der Waals surface area contributed by atoms with Crippen molar-refractivity contribution in [1.82, 2.24) is 0 Å².